The summed E-state index contributed by atoms with van der Waals surface area (Å²) in [5, 5.41) is 5.09. The molecule has 6 heteroatoms. The van der Waals surface area contributed by atoms with Crippen LogP contribution in [0, 0.1) is 5.82 Å². The molecule has 0 aliphatic rings. The van der Waals surface area contributed by atoms with Crippen molar-refractivity contribution < 1.29 is 13.6 Å². The minimum atomic E-state index is -0.504. The van der Waals surface area contributed by atoms with Crippen molar-refractivity contribution in [3.8, 4) is 0 Å². The molecule has 1 atom stereocenters. The van der Waals surface area contributed by atoms with E-state index in [1.807, 2.05) is 0 Å². The van der Waals surface area contributed by atoms with Crippen molar-refractivity contribution in [2.24, 2.45) is 0 Å². The summed E-state index contributed by atoms with van der Waals surface area (Å²) in [4.78, 5) is 11.7. The topological polar surface area (TPSA) is 54.3 Å². The molecule has 100 valence electrons. The Morgan fingerprint density at radius 1 is 1.42 bits per heavy atom. The number of benzene rings is 1. The average Bonchev–Trinajstić information content (AvgIpc) is 2.86. The normalized spacial score (nSPS) is 11.9. The molecule has 19 heavy (non-hydrogen) atoms. The lowest BCUT2D eigenvalue weighted by Gasteiger charge is -2.13. The fourth-order valence-corrected chi connectivity index (χ4v) is 1.89. The number of furan rings is 1. The summed E-state index contributed by atoms with van der Waals surface area (Å²) < 4.78 is 19.3. The number of hydrogen-bond acceptors (Lipinski definition) is 2. The highest BCUT2D eigenvalue weighted by molar-refractivity contribution is 9.10. The van der Waals surface area contributed by atoms with E-state index in [4.69, 9.17) is 4.42 Å². The Bertz CT molecular complexity index is 572. The van der Waals surface area contributed by atoms with E-state index >= 15 is 0 Å². The third-order valence-corrected chi connectivity index (χ3v) is 2.99. The van der Waals surface area contributed by atoms with Gasteiger partial charge in [0.2, 0.25) is 0 Å². The average molecular weight is 327 g/mol. The summed E-state index contributed by atoms with van der Waals surface area (Å²) in [5.74, 6) is 0.126. The zero-order chi connectivity index (χ0) is 13.8. The highest BCUT2D eigenvalue weighted by atomic mass is 79.9. The van der Waals surface area contributed by atoms with Gasteiger partial charge in [-0.15, -0.1) is 0 Å². The molecule has 2 rings (SSSR count). The molecule has 0 bridgehead atoms. The van der Waals surface area contributed by atoms with Gasteiger partial charge in [0.15, 0.2) is 0 Å². The molecule has 1 heterocycles. The molecule has 0 saturated carbocycles. The summed E-state index contributed by atoms with van der Waals surface area (Å²) in [6.07, 6.45) is 1.53. The van der Waals surface area contributed by atoms with Gasteiger partial charge in [0.25, 0.3) is 0 Å². The standard InChI is InChI=1S/C13H12BrFN2O2/c1-8(12-3-2-6-19-12)16-13(18)17-11-5-4-9(14)7-10(11)15/h2-8H,1H3,(H2,16,17,18)/t8-/m1/s1. The zero-order valence-electron chi connectivity index (χ0n) is 10.1. The second kappa shape index (κ2) is 5.88. The number of rotatable bonds is 3. The van der Waals surface area contributed by atoms with E-state index in [-0.39, 0.29) is 11.7 Å². The van der Waals surface area contributed by atoms with Crippen molar-refractivity contribution in [3.63, 3.8) is 0 Å². The minimum absolute atomic E-state index is 0.118. The maximum absolute atomic E-state index is 13.5. The molecule has 2 amide bonds. The maximum Gasteiger partial charge on any atom is 0.319 e. The molecule has 0 spiro atoms. The third-order valence-electron chi connectivity index (χ3n) is 2.50. The summed E-state index contributed by atoms with van der Waals surface area (Å²) >= 11 is 3.15. The highest BCUT2D eigenvalue weighted by Gasteiger charge is 2.13. The first kappa shape index (κ1) is 13.6. The predicted octanol–water partition coefficient (Wildman–Crippen LogP) is 4.06. The summed E-state index contributed by atoms with van der Waals surface area (Å²) in [6.45, 7) is 1.77. The van der Waals surface area contributed by atoms with E-state index in [2.05, 4.69) is 26.6 Å². The Balaban J connectivity index is 1.98. The van der Waals surface area contributed by atoms with E-state index in [0.29, 0.717) is 10.2 Å². The van der Waals surface area contributed by atoms with Gasteiger partial charge in [-0.25, -0.2) is 9.18 Å². The molecule has 0 saturated heterocycles. The smallest absolute Gasteiger partial charge is 0.319 e. The molecular weight excluding hydrogens is 315 g/mol. The Labute approximate surface area is 118 Å². The first-order valence-electron chi connectivity index (χ1n) is 5.62. The molecule has 0 aliphatic carbocycles. The van der Waals surface area contributed by atoms with E-state index in [1.165, 1.54) is 18.4 Å². The first-order chi connectivity index (χ1) is 9.06. The van der Waals surface area contributed by atoms with Crippen molar-refractivity contribution >= 4 is 27.6 Å². The summed E-state index contributed by atoms with van der Waals surface area (Å²) in [7, 11) is 0. The molecule has 4 nitrogen and oxygen atoms in total. The fraction of sp³-hybridized carbons (Fsp3) is 0.154. The molecule has 0 fully saturated rings. The van der Waals surface area contributed by atoms with Gasteiger partial charge in [0.05, 0.1) is 18.0 Å². The van der Waals surface area contributed by atoms with Crippen LogP contribution in [0.5, 0.6) is 0 Å². The van der Waals surface area contributed by atoms with Crippen LogP contribution in [-0.4, -0.2) is 6.03 Å². The molecule has 2 N–H and O–H groups in total. The number of carbonyl (C=O) groups is 1. The second-order valence-electron chi connectivity index (χ2n) is 3.96. The first-order valence-corrected chi connectivity index (χ1v) is 6.41. The predicted molar refractivity (Wildman–Crippen MR) is 73.4 cm³/mol. The lowest BCUT2D eigenvalue weighted by Crippen LogP contribution is -2.31. The number of nitrogens with one attached hydrogen (secondary N) is 2. The van der Waals surface area contributed by atoms with Gasteiger partial charge in [-0.1, -0.05) is 15.9 Å². The van der Waals surface area contributed by atoms with Crippen LogP contribution in [0.2, 0.25) is 0 Å². The van der Waals surface area contributed by atoms with E-state index in [1.54, 1.807) is 25.1 Å². The largest absolute Gasteiger partial charge is 0.467 e. The SMILES string of the molecule is C[C@@H](NC(=O)Nc1ccc(Br)cc1F)c1ccco1. The number of anilines is 1. The van der Waals surface area contributed by atoms with Crippen molar-refractivity contribution in [3.05, 3.63) is 52.6 Å². The van der Waals surface area contributed by atoms with Crippen LogP contribution in [0.4, 0.5) is 14.9 Å². The molecule has 0 unspecified atom stereocenters. The Hall–Kier alpha value is -1.82. The van der Waals surface area contributed by atoms with E-state index in [9.17, 15) is 9.18 Å². The number of urea groups is 1. The van der Waals surface area contributed by atoms with Gasteiger partial charge < -0.3 is 15.1 Å². The van der Waals surface area contributed by atoms with Gasteiger partial charge >= 0.3 is 6.03 Å². The van der Waals surface area contributed by atoms with Gasteiger partial charge in [-0.3, -0.25) is 0 Å². The minimum Gasteiger partial charge on any atom is -0.467 e. The number of amides is 2. The summed E-state index contributed by atoms with van der Waals surface area (Å²) in [6, 6.07) is 7.11. The van der Waals surface area contributed by atoms with Gasteiger partial charge in [-0.2, -0.15) is 0 Å². The lowest BCUT2D eigenvalue weighted by molar-refractivity contribution is 0.247. The quantitative estimate of drug-likeness (QED) is 0.893. The zero-order valence-corrected chi connectivity index (χ0v) is 11.7. The second-order valence-corrected chi connectivity index (χ2v) is 4.88. The molecule has 0 radical (unpaired) electrons. The van der Waals surface area contributed by atoms with Crippen LogP contribution in [0.15, 0.2) is 45.5 Å². The van der Waals surface area contributed by atoms with Crippen LogP contribution in [0.25, 0.3) is 0 Å². The van der Waals surface area contributed by atoms with Gasteiger partial charge in [-0.05, 0) is 37.3 Å². The van der Waals surface area contributed by atoms with E-state index < -0.39 is 11.8 Å². The number of halogens is 2. The Morgan fingerprint density at radius 3 is 2.84 bits per heavy atom. The fourth-order valence-electron chi connectivity index (χ4n) is 1.55. The van der Waals surface area contributed by atoms with Gasteiger partial charge in [0, 0.05) is 4.47 Å². The summed E-state index contributed by atoms with van der Waals surface area (Å²) in [5.41, 5.74) is 0.118. The third kappa shape index (κ3) is 3.57. The van der Waals surface area contributed by atoms with E-state index in [0.717, 1.165) is 0 Å². The molecule has 0 aliphatic heterocycles. The molecule has 1 aromatic heterocycles. The lowest BCUT2D eigenvalue weighted by atomic mass is 10.2. The molecular formula is C13H12BrFN2O2. The number of hydrogen-bond donors (Lipinski definition) is 2. The van der Waals surface area contributed by atoms with Crippen LogP contribution < -0.4 is 10.6 Å². The Kier molecular flexibility index (Phi) is 4.21. The van der Waals surface area contributed by atoms with Crippen molar-refractivity contribution in [2.75, 3.05) is 5.32 Å². The van der Waals surface area contributed by atoms with Crippen LogP contribution in [-0.2, 0) is 0 Å². The Morgan fingerprint density at radius 2 is 2.21 bits per heavy atom. The highest BCUT2D eigenvalue weighted by Crippen LogP contribution is 2.19. The molecule has 1 aromatic carbocycles. The maximum atomic E-state index is 13.5. The monoisotopic (exact) mass is 326 g/mol. The van der Waals surface area contributed by atoms with Crippen LogP contribution >= 0.6 is 15.9 Å². The van der Waals surface area contributed by atoms with Crippen molar-refractivity contribution in [1.29, 1.82) is 0 Å². The molecule has 2 aromatic rings. The number of carbonyl (C=O) groups excluding carboxylic acids is 1. The van der Waals surface area contributed by atoms with Crippen LogP contribution in [0.1, 0.15) is 18.7 Å². The van der Waals surface area contributed by atoms with Crippen molar-refractivity contribution in [2.45, 2.75) is 13.0 Å². The van der Waals surface area contributed by atoms with Crippen molar-refractivity contribution in [1.82, 2.24) is 5.32 Å². The van der Waals surface area contributed by atoms with Gasteiger partial charge in [0.1, 0.15) is 11.6 Å². The van der Waals surface area contributed by atoms with Crippen LogP contribution in [0.3, 0.4) is 0 Å².